The minimum Gasteiger partial charge on any atom is -0.484 e. The minimum atomic E-state index is 0.435. The van der Waals surface area contributed by atoms with Gasteiger partial charge in [0.25, 0.3) is 0 Å². The van der Waals surface area contributed by atoms with E-state index in [4.69, 9.17) is 4.74 Å². The van der Waals surface area contributed by atoms with Gasteiger partial charge < -0.3 is 4.74 Å². The Kier molecular flexibility index (Phi) is 1.10. The van der Waals surface area contributed by atoms with E-state index in [0.717, 1.165) is 5.90 Å². The molecule has 54 valence electrons. The Morgan fingerprint density at radius 1 is 1.50 bits per heavy atom. The number of aliphatic imine (C=N–C) groups is 1. The molecule has 3 atom stereocenters. The van der Waals surface area contributed by atoms with Gasteiger partial charge in [-0.2, -0.15) is 0 Å². The first-order chi connectivity index (χ1) is 4.83. The van der Waals surface area contributed by atoms with Gasteiger partial charge in [0, 0.05) is 11.8 Å². The summed E-state index contributed by atoms with van der Waals surface area (Å²) in [6.07, 6.45) is 4.35. The van der Waals surface area contributed by atoms with Crippen molar-refractivity contribution in [3.05, 3.63) is 12.2 Å². The molecule has 0 radical (unpaired) electrons. The van der Waals surface area contributed by atoms with Gasteiger partial charge >= 0.3 is 0 Å². The van der Waals surface area contributed by atoms with Crippen molar-refractivity contribution in [3.8, 4) is 0 Å². The molecule has 0 spiro atoms. The Morgan fingerprint density at radius 2 is 2.30 bits per heavy atom. The predicted octanol–water partition coefficient (Wildman–Crippen LogP) is 1.24. The van der Waals surface area contributed by atoms with Crippen LogP contribution < -0.4 is 0 Å². The summed E-state index contributed by atoms with van der Waals surface area (Å²) in [6, 6.07) is 0.435. The van der Waals surface area contributed by atoms with Crippen molar-refractivity contribution in [1.29, 1.82) is 0 Å². The van der Waals surface area contributed by atoms with Crippen molar-refractivity contribution in [2.75, 3.05) is 7.11 Å². The number of fused-ring (bicyclic) bond motifs is 1. The van der Waals surface area contributed by atoms with Crippen molar-refractivity contribution in [3.63, 3.8) is 0 Å². The van der Waals surface area contributed by atoms with Crippen LogP contribution in [0.3, 0.4) is 0 Å². The van der Waals surface area contributed by atoms with Gasteiger partial charge in [0.1, 0.15) is 0 Å². The molecular weight excluding hydrogens is 126 g/mol. The molecule has 1 aliphatic carbocycles. The van der Waals surface area contributed by atoms with Crippen molar-refractivity contribution >= 4 is 5.90 Å². The molecule has 2 nitrogen and oxygen atoms in total. The van der Waals surface area contributed by atoms with Gasteiger partial charge in [-0.25, -0.2) is 4.99 Å². The van der Waals surface area contributed by atoms with Gasteiger partial charge in [0.15, 0.2) is 5.90 Å². The summed E-state index contributed by atoms with van der Waals surface area (Å²) in [5.74, 6) is 2.05. The van der Waals surface area contributed by atoms with Gasteiger partial charge in [0.2, 0.25) is 0 Å². The molecule has 2 heteroatoms. The third-order valence-electron chi connectivity index (χ3n) is 2.38. The minimum absolute atomic E-state index is 0.435. The fourth-order valence-electron chi connectivity index (χ4n) is 1.60. The molecule has 0 bridgehead atoms. The maximum absolute atomic E-state index is 5.11. The van der Waals surface area contributed by atoms with E-state index >= 15 is 0 Å². The van der Waals surface area contributed by atoms with Crippen LogP contribution in [0, 0.1) is 11.8 Å². The average molecular weight is 137 g/mol. The lowest BCUT2D eigenvalue weighted by Crippen LogP contribution is -2.24. The normalized spacial score (nSPS) is 42.2. The van der Waals surface area contributed by atoms with Crippen LogP contribution in [0.15, 0.2) is 17.1 Å². The van der Waals surface area contributed by atoms with Crippen LogP contribution in [0.4, 0.5) is 0 Å². The summed E-state index contributed by atoms with van der Waals surface area (Å²) in [5.41, 5.74) is 0. The van der Waals surface area contributed by atoms with Crippen molar-refractivity contribution in [1.82, 2.24) is 0 Å². The van der Waals surface area contributed by atoms with Crippen LogP contribution >= 0.6 is 0 Å². The molecule has 0 aromatic carbocycles. The number of nitrogens with zero attached hydrogens (tertiary/aromatic N) is 1. The highest BCUT2D eigenvalue weighted by molar-refractivity contribution is 5.82. The lowest BCUT2D eigenvalue weighted by Gasteiger charge is -2.22. The van der Waals surface area contributed by atoms with Gasteiger partial charge in [-0.3, -0.25) is 0 Å². The number of methoxy groups -OCH3 is 1. The zero-order valence-corrected chi connectivity index (χ0v) is 6.24. The van der Waals surface area contributed by atoms with Crippen LogP contribution in [-0.2, 0) is 4.74 Å². The molecule has 0 aromatic heterocycles. The van der Waals surface area contributed by atoms with Gasteiger partial charge in [-0.15, -0.1) is 0 Å². The monoisotopic (exact) mass is 137 g/mol. The second kappa shape index (κ2) is 1.84. The maximum Gasteiger partial charge on any atom is 0.187 e. The lowest BCUT2D eigenvalue weighted by atomic mass is 9.83. The van der Waals surface area contributed by atoms with Crippen molar-refractivity contribution < 1.29 is 4.74 Å². The molecule has 2 rings (SSSR count). The fraction of sp³-hybridized carbons (Fsp3) is 0.625. The highest BCUT2D eigenvalue weighted by Gasteiger charge is 2.38. The van der Waals surface area contributed by atoms with E-state index in [9.17, 15) is 0 Å². The first-order valence-electron chi connectivity index (χ1n) is 3.63. The zero-order valence-electron chi connectivity index (χ0n) is 6.24. The second-order valence-electron chi connectivity index (χ2n) is 2.91. The average Bonchev–Trinajstić information content (AvgIpc) is 2.05. The summed E-state index contributed by atoms with van der Waals surface area (Å²) in [4.78, 5) is 4.36. The highest BCUT2D eigenvalue weighted by atomic mass is 16.5. The van der Waals surface area contributed by atoms with E-state index in [1.54, 1.807) is 7.11 Å². The number of ether oxygens (including phenoxy) is 1. The van der Waals surface area contributed by atoms with Crippen LogP contribution in [0.5, 0.6) is 0 Å². The largest absolute Gasteiger partial charge is 0.484 e. The molecule has 0 N–H and O–H groups in total. The quantitative estimate of drug-likeness (QED) is 0.460. The molecule has 1 aliphatic heterocycles. The van der Waals surface area contributed by atoms with Crippen LogP contribution in [-0.4, -0.2) is 19.0 Å². The first kappa shape index (κ1) is 5.96. The fourth-order valence-corrected chi connectivity index (χ4v) is 1.60. The van der Waals surface area contributed by atoms with Crippen LogP contribution in [0.25, 0.3) is 0 Å². The molecule has 1 heterocycles. The standard InChI is InChI=1S/C8H11NO/c1-5-6-3-4-7(6)9-8(5)10-2/h3-7H,1-2H3/t5?,6-,7-/m1/s1. The Bertz CT molecular complexity index is 207. The third kappa shape index (κ3) is 0.564. The maximum atomic E-state index is 5.11. The number of hydrogen-bond acceptors (Lipinski definition) is 2. The molecule has 10 heavy (non-hydrogen) atoms. The van der Waals surface area contributed by atoms with E-state index in [0.29, 0.717) is 17.9 Å². The Morgan fingerprint density at radius 3 is 2.60 bits per heavy atom. The van der Waals surface area contributed by atoms with E-state index in [1.165, 1.54) is 0 Å². The number of rotatable bonds is 0. The molecule has 0 saturated heterocycles. The molecular formula is C8H11NO. The lowest BCUT2D eigenvalue weighted by molar-refractivity contribution is 0.364. The molecule has 0 aromatic rings. The SMILES string of the molecule is COC1=N[C@@H]2C=C[C@@H]2C1C. The highest BCUT2D eigenvalue weighted by Crippen LogP contribution is 2.35. The van der Waals surface area contributed by atoms with Gasteiger partial charge in [0.05, 0.1) is 13.2 Å². The summed E-state index contributed by atoms with van der Waals surface area (Å²) in [5, 5.41) is 0. The Labute approximate surface area is 60.6 Å². The zero-order chi connectivity index (χ0) is 7.14. The van der Waals surface area contributed by atoms with E-state index in [1.807, 2.05) is 0 Å². The van der Waals surface area contributed by atoms with Crippen LogP contribution in [0.1, 0.15) is 6.92 Å². The van der Waals surface area contributed by atoms with Gasteiger partial charge in [-0.1, -0.05) is 19.1 Å². The summed E-state index contributed by atoms with van der Waals surface area (Å²) in [7, 11) is 1.69. The second-order valence-corrected chi connectivity index (χ2v) is 2.91. The first-order valence-corrected chi connectivity index (χ1v) is 3.63. The van der Waals surface area contributed by atoms with Crippen molar-refractivity contribution in [2.24, 2.45) is 16.8 Å². The van der Waals surface area contributed by atoms with Crippen molar-refractivity contribution in [2.45, 2.75) is 13.0 Å². The smallest absolute Gasteiger partial charge is 0.187 e. The molecule has 0 fully saturated rings. The summed E-state index contributed by atoms with van der Waals surface area (Å²) < 4.78 is 5.11. The third-order valence-corrected chi connectivity index (χ3v) is 2.38. The van der Waals surface area contributed by atoms with E-state index < -0.39 is 0 Å². The van der Waals surface area contributed by atoms with E-state index in [2.05, 4.69) is 24.1 Å². The number of hydrogen-bond donors (Lipinski definition) is 0. The summed E-state index contributed by atoms with van der Waals surface area (Å²) >= 11 is 0. The topological polar surface area (TPSA) is 21.6 Å². The molecule has 2 aliphatic rings. The summed E-state index contributed by atoms with van der Waals surface area (Å²) in [6.45, 7) is 2.16. The Balaban J connectivity index is 2.20. The van der Waals surface area contributed by atoms with E-state index in [-0.39, 0.29) is 0 Å². The predicted molar refractivity (Wildman–Crippen MR) is 40.0 cm³/mol. The molecule has 0 saturated carbocycles. The Hall–Kier alpha value is -0.790. The van der Waals surface area contributed by atoms with Crippen LogP contribution in [0.2, 0.25) is 0 Å². The van der Waals surface area contributed by atoms with Gasteiger partial charge in [-0.05, 0) is 0 Å². The molecule has 1 unspecified atom stereocenters. The molecule has 0 amide bonds.